The van der Waals surface area contributed by atoms with Gasteiger partial charge in [0.15, 0.2) is 35.1 Å². The summed E-state index contributed by atoms with van der Waals surface area (Å²) in [6.07, 6.45) is -0.755. The molecular weight excluding hydrogens is 470 g/mol. The van der Waals surface area contributed by atoms with Gasteiger partial charge in [-0.3, -0.25) is 14.5 Å². The third-order valence-corrected chi connectivity index (χ3v) is 5.52. The van der Waals surface area contributed by atoms with Crippen LogP contribution in [0.15, 0.2) is 47.2 Å². The maximum absolute atomic E-state index is 13.2. The van der Waals surface area contributed by atoms with Crippen molar-refractivity contribution in [3.63, 3.8) is 0 Å². The highest BCUT2D eigenvalue weighted by Crippen LogP contribution is 2.25. The quantitative estimate of drug-likeness (QED) is 0.350. The lowest BCUT2D eigenvalue weighted by atomic mass is 10.1. The van der Waals surface area contributed by atoms with Crippen LogP contribution in [-0.2, 0) is 14.3 Å². The van der Waals surface area contributed by atoms with Crippen LogP contribution in [-0.4, -0.2) is 66.9 Å². The summed E-state index contributed by atoms with van der Waals surface area (Å²) < 4.78 is 12.1. The number of anilines is 3. The molecule has 4 heterocycles. The maximum Gasteiger partial charge on any atom is 0.260 e. The van der Waals surface area contributed by atoms with E-state index in [1.165, 1.54) is 27.9 Å². The number of hydrogen-bond acceptors (Lipinski definition) is 11. The Morgan fingerprint density at radius 3 is 3.00 bits per heavy atom. The molecule has 5 rings (SSSR count). The van der Waals surface area contributed by atoms with Crippen LogP contribution >= 0.6 is 0 Å². The molecule has 14 nitrogen and oxygen atoms in total. The van der Waals surface area contributed by atoms with E-state index < -0.39 is 30.1 Å². The first-order valence-electron chi connectivity index (χ1n) is 10.7. The van der Waals surface area contributed by atoms with Crippen molar-refractivity contribution in [2.45, 2.75) is 25.2 Å². The van der Waals surface area contributed by atoms with Crippen LogP contribution in [0.4, 0.5) is 17.3 Å². The molecule has 0 unspecified atom stereocenters. The van der Waals surface area contributed by atoms with E-state index in [0.717, 1.165) is 0 Å². The number of aliphatic hydroxyl groups excluding tert-OH is 1. The molecule has 3 aromatic heterocycles. The number of nitrogens with zero attached hydrogens (tertiary/aromatic N) is 7. The number of aromatic nitrogens is 5. The van der Waals surface area contributed by atoms with Gasteiger partial charge in [-0.1, -0.05) is 5.16 Å². The van der Waals surface area contributed by atoms with Crippen LogP contribution in [0.1, 0.15) is 12.6 Å². The second-order valence-electron chi connectivity index (χ2n) is 8.06. The van der Waals surface area contributed by atoms with E-state index in [9.17, 15) is 14.7 Å². The average molecular weight is 489 g/mol. The molecule has 0 aliphatic carbocycles. The highest BCUT2D eigenvalue weighted by Gasteiger charge is 2.42. The molecule has 0 saturated carbocycles. The molecule has 0 spiro atoms. The van der Waals surface area contributed by atoms with Crippen LogP contribution in [0.3, 0.4) is 0 Å². The van der Waals surface area contributed by atoms with Gasteiger partial charge in [-0.05, 0) is 19.1 Å². The van der Waals surface area contributed by atoms with E-state index in [0.29, 0.717) is 22.3 Å². The number of nitriles is 1. The minimum absolute atomic E-state index is 0.112. The van der Waals surface area contributed by atoms with Crippen molar-refractivity contribution in [1.29, 1.82) is 5.26 Å². The van der Waals surface area contributed by atoms with Crippen molar-refractivity contribution in [3.8, 4) is 11.8 Å². The molecule has 36 heavy (non-hydrogen) atoms. The zero-order valence-electron chi connectivity index (χ0n) is 18.8. The summed E-state index contributed by atoms with van der Waals surface area (Å²) in [5.74, 6) is -0.987. The molecule has 182 valence electrons. The molecule has 2 amide bonds. The second-order valence-corrected chi connectivity index (χ2v) is 8.06. The molecule has 1 fully saturated rings. The number of rotatable bonds is 5. The van der Waals surface area contributed by atoms with Gasteiger partial charge in [0, 0.05) is 30.1 Å². The lowest BCUT2D eigenvalue weighted by molar-refractivity contribution is -0.156. The number of morpholine rings is 1. The Morgan fingerprint density at radius 1 is 1.36 bits per heavy atom. The van der Waals surface area contributed by atoms with E-state index in [4.69, 9.17) is 20.3 Å². The molecule has 1 aromatic carbocycles. The van der Waals surface area contributed by atoms with E-state index in [2.05, 4.69) is 25.8 Å². The molecule has 1 saturated heterocycles. The predicted octanol–water partition coefficient (Wildman–Crippen LogP) is 0.377. The fourth-order valence-electron chi connectivity index (χ4n) is 3.79. The van der Waals surface area contributed by atoms with Gasteiger partial charge in [0.25, 0.3) is 11.8 Å². The number of carbonyl (C=O) groups is 2. The fourth-order valence-corrected chi connectivity index (χ4v) is 3.79. The molecular formula is C22H19N9O5. The largest absolute Gasteiger partial charge is 0.380 e. The topological polar surface area (TPSA) is 198 Å². The van der Waals surface area contributed by atoms with Gasteiger partial charge in [0.05, 0.1) is 29.9 Å². The first-order valence-corrected chi connectivity index (χ1v) is 10.7. The van der Waals surface area contributed by atoms with Crippen LogP contribution in [0.2, 0.25) is 0 Å². The van der Waals surface area contributed by atoms with Gasteiger partial charge in [-0.25, -0.2) is 4.68 Å². The monoisotopic (exact) mass is 489 g/mol. The molecule has 0 radical (unpaired) electrons. The molecule has 14 heteroatoms. The normalized spacial score (nSPS) is 18.7. The number of nitrogen functional groups attached to an aromatic ring is 1. The van der Waals surface area contributed by atoms with Crippen LogP contribution in [0.5, 0.6) is 0 Å². The van der Waals surface area contributed by atoms with Crippen LogP contribution in [0, 0.1) is 11.3 Å². The summed E-state index contributed by atoms with van der Waals surface area (Å²) in [7, 11) is 0. The summed E-state index contributed by atoms with van der Waals surface area (Å²) in [6.45, 7) is 1.87. The Balaban J connectivity index is 1.33. The van der Waals surface area contributed by atoms with Gasteiger partial charge in [-0.2, -0.15) is 10.4 Å². The van der Waals surface area contributed by atoms with Crippen molar-refractivity contribution in [2.24, 2.45) is 0 Å². The first-order chi connectivity index (χ1) is 17.3. The molecule has 0 bridgehead atoms. The lowest BCUT2D eigenvalue weighted by Crippen LogP contribution is -2.58. The zero-order chi connectivity index (χ0) is 25.4. The highest BCUT2D eigenvalue weighted by molar-refractivity contribution is 6.04. The standard InChI is InChI=1S/C22H19N9O5/c1-11-10-30(17-4-5-31(28-17)14-6-13(8-23)27-25-9-14)22(34)19(35-11)18(32)21(33)26-12-2-3-15-16(7-12)36-29-20(15)24/h2-7,9,11,18-19,32H,10H2,1H3,(H2,24,29)(H,26,33)/t11-,18-,19-/m1/s1. The van der Waals surface area contributed by atoms with Crippen molar-refractivity contribution in [2.75, 3.05) is 22.5 Å². The van der Waals surface area contributed by atoms with E-state index in [-0.39, 0.29) is 23.9 Å². The Labute approximate surface area is 202 Å². The summed E-state index contributed by atoms with van der Waals surface area (Å²) in [4.78, 5) is 27.3. The number of amides is 2. The smallest absolute Gasteiger partial charge is 0.260 e. The van der Waals surface area contributed by atoms with Crippen molar-refractivity contribution in [1.82, 2.24) is 25.1 Å². The van der Waals surface area contributed by atoms with Gasteiger partial charge >= 0.3 is 0 Å². The number of carbonyl (C=O) groups excluding carboxylic acids is 2. The average Bonchev–Trinajstić information content (AvgIpc) is 3.52. The number of aliphatic hydroxyl groups is 1. The number of benzene rings is 1. The van der Waals surface area contributed by atoms with E-state index in [1.54, 1.807) is 31.3 Å². The number of hydrogen-bond donors (Lipinski definition) is 3. The molecule has 1 aliphatic heterocycles. The van der Waals surface area contributed by atoms with Gasteiger partial charge in [0.1, 0.15) is 6.07 Å². The van der Waals surface area contributed by atoms with E-state index >= 15 is 0 Å². The van der Waals surface area contributed by atoms with Crippen molar-refractivity contribution >= 4 is 40.1 Å². The lowest BCUT2D eigenvalue weighted by Gasteiger charge is -2.36. The predicted molar refractivity (Wildman–Crippen MR) is 124 cm³/mol. The summed E-state index contributed by atoms with van der Waals surface area (Å²) >= 11 is 0. The molecule has 4 N–H and O–H groups in total. The highest BCUT2D eigenvalue weighted by atomic mass is 16.5. The number of nitrogens with one attached hydrogen (secondary N) is 1. The second kappa shape index (κ2) is 9.06. The Bertz CT molecular complexity index is 1510. The summed E-state index contributed by atoms with van der Waals surface area (Å²) in [5, 5.41) is 38.3. The molecule has 3 atom stereocenters. The van der Waals surface area contributed by atoms with Crippen molar-refractivity contribution < 1.29 is 24.0 Å². The minimum Gasteiger partial charge on any atom is -0.380 e. The zero-order valence-corrected chi connectivity index (χ0v) is 18.8. The number of nitrogens with two attached hydrogens (primary N) is 1. The third-order valence-electron chi connectivity index (χ3n) is 5.52. The molecule has 1 aliphatic rings. The minimum atomic E-state index is -1.80. The van der Waals surface area contributed by atoms with Crippen molar-refractivity contribution in [3.05, 3.63) is 48.4 Å². The van der Waals surface area contributed by atoms with Gasteiger partial charge in [-0.15, -0.1) is 10.2 Å². The third kappa shape index (κ3) is 4.19. The SMILES string of the molecule is C[C@@H]1CN(c2ccn(-c3cnnc(C#N)c3)n2)C(=O)[C@@H]([C@@H](O)C(=O)Nc2ccc3c(N)noc3c2)O1. The van der Waals surface area contributed by atoms with Gasteiger partial charge in [0.2, 0.25) is 0 Å². The Morgan fingerprint density at radius 2 is 2.19 bits per heavy atom. The Hall–Kier alpha value is -4.87. The summed E-state index contributed by atoms with van der Waals surface area (Å²) in [6, 6.07) is 9.66. The summed E-state index contributed by atoms with van der Waals surface area (Å²) in [5.41, 5.74) is 6.95. The first kappa shape index (κ1) is 22.9. The van der Waals surface area contributed by atoms with E-state index in [1.807, 2.05) is 6.07 Å². The Kier molecular flexibility index (Phi) is 5.76. The fraction of sp³-hybridized carbons (Fsp3) is 0.227. The maximum atomic E-state index is 13.2. The number of fused-ring (bicyclic) bond motifs is 1. The van der Waals surface area contributed by atoms with Crippen LogP contribution < -0.4 is 16.0 Å². The molecule has 4 aromatic rings. The van der Waals surface area contributed by atoms with Gasteiger partial charge < -0.3 is 25.4 Å². The van der Waals surface area contributed by atoms with Crippen LogP contribution in [0.25, 0.3) is 16.7 Å². The number of ether oxygens (including phenoxy) is 1.